The molecule has 0 bridgehead atoms. The van der Waals surface area contributed by atoms with Crippen molar-refractivity contribution >= 4 is 11.9 Å². The van der Waals surface area contributed by atoms with Gasteiger partial charge in [0.15, 0.2) is 0 Å². The Kier molecular flexibility index (Phi) is 3.39. The highest BCUT2D eigenvalue weighted by Gasteiger charge is 1.95. The molecule has 0 atom stereocenters. The predicted octanol–water partition coefficient (Wildman–Crippen LogP) is 1.96. The van der Waals surface area contributed by atoms with Crippen LogP contribution < -0.4 is 4.72 Å². The van der Waals surface area contributed by atoms with E-state index in [1.165, 1.54) is 31.4 Å². The first-order chi connectivity index (χ1) is 4.00. The van der Waals surface area contributed by atoms with E-state index in [1.807, 2.05) is 11.9 Å². The predicted molar refractivity (Wildman–Crippen MR) is 38.4 cm³/mol. The summed E-state index contributed by atoms with van der Waals surface area (Å²) >= 11 is 1.82. The van der Waals surface area contributed by atoms with Crippen LogP contribution in [0.15, 0.2) is 0 Å². The van der Waals surface area contributed by atoms with Crippen LogP contribution in [0.1, 0.15) is 25.7 Å². The fraction of sp³-hybridized carbons (Fsp3) is 0.833. The third-order valence-electron chi connectivity index (χ3n) is 1.26. The van der Waals surface area contributed by atoms with Crippen molar-refractivity contribution in [2.24, 2.45) is 0 Å². The second-order valence-corrected chi connectivity index (χ2v) is 2.95. The van der Waals surface area contributed by atoms with Crippen molar-refractivity contribution in [3.8, 4) is 0 Å². The standard InChI is InChI=1S/C6H12NS/c1-2-4-6-8-7-5-3-1/h5,7H,1-4,6H2. The lowest BCUT2D eigenvalue weighted by molar-refractivity contribution is 0.694. The molecule has 0 spiro atoms. The van der Waals surface area contributed by atoms with Gasteiger partial charge in [-0.2, -0.15) is 0 Å². The Morgan fingerprint density at radius 3 is 3.25 bits per heavy atom. The van der Waals surface area contributed by atoms with E-state index in [2.05, 4.69) is 11.3 Å². The van der Waals surface area contributed by atoms with Crippen LogP contribution in [-0.2, 0) is 0 Å². The van der Waals surface area contributed by atoms with E-state index in [0.29, 0.717) is 0 Å². The Hall–Kier alpha value is 0.310. The summed E-state index contributed by atoms with van der Waals surface area (Å²) in [7, 11) is 0. The second kappa shape index (κ2) is 4.21. The highest BCUT2D eigenvalue weighted by atomic mass is 32.2. The van der Waals surface area contributed by atoms with E-state index in [1.54, 1.807) is 0 Å². The highest BCUT2D eigenvalue weighted by Crippen LogP contribution is 2.10. The van der Waals surface area contributed by atoms with Crippen molar-refractivity contribution in [1.29, 1.82) is 0 Å². The molecule has 0 unspecified atom stereocenters. The zero-order valence-electron chi connectivity index (χ0n) is 5.02. The molecule has 1 heterocycles. The lowest BCUT2D eigenvalue weighted by Crippen LogP contribution is -2.02. The monoisotopic (exact) mass is 130 g/mol. The van der Waals surface area contributed by atoms with Gasteiger partial charge in [0, 0.05) is 12.3 Å². The molecule has 1 rings (SSSR count). The van der Waals surface area contributed by atoms with Crippen LogP contribution in [-0.4, -0.2) is 5.75 Å². The number of rotatable bonds is 0. The van der Waals surface area contributed by atoms with E-state index < -0.39 is 0 Å². The van der Waals surface area contributed by atoms with Crippen LogP contribution in [0.5, 0.6) is 0 Å². The van der Waals surface area contributed by atoms with Crippen LogP contribution >= 0.6 is 11.9 Å². The Morgan fingerprint density at radius 1 is 1.25 bits per heavy atom. The molecule has 1 aliphatic heterocycles. The molecule has 1 radical (unpaired) electrons. The minimum atomic E-state index is 1.24. The van der Waals surface area contributed by atoms with Crippen LogP contribution in [0.2, 0.25) is 0 Å². The third kappa shape index (κ3) is 2.58. The summed E-state index contributed by atoms with van der Waals surface area (Å²) in [5, 5.41) is 0. The van der Waals surface area contributed by atoms with Crippen LogP contribution in [0, 0.1) is 6.54 Å². The van der Waals surface area contributed by atoms with Gasteiger partial charge >= 0.3 is 0 Å². The van der Waals surface area contributed by atoms with Gasteiger partial charge in [0.25, 0.3) is 0 Å². The molecule has 1 aliphatic rings. The topological polar surface area (TPSA) is 12.0 Å². The SMILES string of the molecule is [CH]1CCCCCSN1. The van der Waals surface area contributed by atoms with Gasteiger partial charge in [0.2, 0.25) is 0 Å². The molecular formula is C6H12NS. The maximum absolute atomic E-state index is 3.18. The van der Waals surface area contributed by atoms with Gasteiger partial charge in [-0.1, -0.05) is 24.8 Å². The van der Waals surface area contributed by atoms with E-state index in [4.69, 9.17) is 0 Å². The van der Waals surface area contributed by atoms with Gasteiger partial charge in [-0.3, -0.25) is 4.72 Å². The molecule has 8 heavy (non-hydrogen) atoms. The van der Waals surface area contributed by atoms with Crippen molar-refractivity contribution < 1.29 is 0 Å². The second-order valence-electron chi connectivity index (χ2n) is 2.02. The maximum atomic E-state index is 3.18. The lowest BCUT2D eigenvalue weighted by atomic mass is 10.2. The minimum Gasteiger partial charge on any atom is -0.259 e. The Morgan fingerprint density at radius 2 is 2.25 bits per heavy atom. The molecule has 47 valence electrons. The fourth-order valence-electron chi connectivity index (χ4n) is 0.774. The van der Waals surface area contributed by atoms with E-state index in [-0.39, 0.29) is 0 Å². The summed E-state index contributed by atoms with van der Waals surface area (Å²) < 4.78 is 3.18. The van der Waals surface area contributed by atoms with Crippen molar-refractivity contribution in [2.45, 2.75) is 25.7 Å². The number of nitrogens with one attached hydrogen (secondary N) is 1. The quantitative estimate of drug-likeness (QED) is 0.503. The van der Waals surface area contributed by atoms with Crippen LogP contribution in [0.25, 0.3) is 0 Å². The van der Waals surface area contributed by atoms with Gasteiger partial charge in [0.1, 0.15) is 0 Å². The summed E-state index contributed by atoms with van der Waals surface area (Å²) in [6.07, 6.45) is 5.40. The molecule has 1 saturated heterocycles. The molecule has 0 amide bonds. The van der Waals surface area contributed by atoms with E-state index >= 15 is 0 Å². The first kappa shape index (κ1) is 6.43. The van der Waals surface area contributed by atoms with Gasteiger partial charge in [-0.25, -0.2) is 0 Å². The fourth-order valence-corrected chi connectivity index (χ4v) is 1.48. The Balaban J connectivity index is 2.00. The van der Waals surface area contributed by atoms with Crippen molar-refractivity contribution in [2.75, 3.05) is 5.75 Å². The molecule has 0 aromatic rings. The normalized spacial score (nSPS) is 24.0. The molecule has 2 heteroatoms. The molecule has 0 aliphatic carbocycles. The number of hydrogen-bond acceptors (Lipinski definition) is 2. The highest BCUT2D eigenvalue weighted by molar-refractivity contribution is 7.97. The van der Waals surface area contributed by atoms with E-state index in [9.17, 15) is 0 Å². The summed E-state index contributed by atoms with van der Waals surface area (Å²) in [4.78, 5) is 0. The molecular weight excluding hydrogens is 118 g/mol. The zero-order valence-corrected chi connectivity index (χ0v) is 5.84. The molecule has 0 saturated carbocycles. The summed E-state index contributed by atoms with van der Waals surface area (Å²) in [6, 6.07) is 0. The van der Waals surface area contributed by atoms with Crippen LogP contribution in [0.4, 0.5) is 0 Å². The minimum absolute atomic E-state index is 1.24. The maximum Gasteiger partial charge on any atom is 0.0334 e. The molecule has 1 fully saturated rings. The Bertz CT molecular complexity index is 32.5. The van der Waals surface area contributed by atoms with Crippen LogP contribution in [0.3, 0.4) is 0 Å². The largest absolute Gasteiger partial charge is 0.259 e. The third-order valence-corrected chi connectivity index (χ3v) is 2.09. The first-order valence-electron chi connectivity index (χ1n) is 3.19. The molecule has 0 aromatic carbocycles. The number of hydrogen-bond donors (Lipinski definition) is 1. The molecule has 1 N–H and O–H groups in total. The van der Waals surface area contributed by atoms with Gasteiger partial charge in [-0.05, 0) is 12.8 Å². The first-order valence-corrected chi connectivity index (χ1v) is 4.18. The van der Waals surface area contributed by atoms with Gasteiger partial charge in [0.05, 0.1) is 0 Å². The van der Waals surface area contributed by atoms with Gasteiger partial charge in [-0.15, -0.1) is 0 Å². The smallest absolute Gasteiger partial charge is 0.0334 e. The summed E-state index contributed by atoms with van der Waals surface area (Å²) in [5.41, 5.74) is 0. The average Bonchev–Trinajstić information content (AvgIpc) is 1.62. The molecule has 0 aromatic heterocycles. The summed E-state index contributed by atoms with van der Waals surface area (Å²) in [6.45, 7) is 2.16. The van der Waals surface area contributed by atoms with E-state index in [0.717, 1.165) is 0 Å². The molecule has 1 nitrogen and oxygen atoms in total. The van der Waals surface area contributed by atoms with Crippen molar-refractivity contribution in [1.82, 2.24) is 4.72 Å². The lowest BCUT2D eigenvalue weighted by Gasteiger charge is -2.06. The average molecular weight is 130 g/mol. The van der Waals surface area contributed by atoms with Crippen molar-refractivity contribution in [3.63, 3.8) is 0 Å². The zero-order chi connectivity index (χ0) is 5.66. The van der Waals surface area contributed by atoms with Gasteiger partial charge < -0.3 is 0 Å². The van der Waals surface area contributed by atoms with Crippen molar-refractivity contribution in [3.05, 3.63) is 6.54 Å². The summed E-state index contributed by atoms with van der Waals surface area (Å²) in [5.74, 6) is 1.27. The Labute approximate surface area is 55.4 Å².